The molecule has 0 aromatic heterocycles. The maximum absolute atomic E-state index is 11.7. The average molecular weight is 220 g/mol. The van der Waals surface area contributed by atoms with Gasteiger partial charge in [-0.15, -0.1) is 0 Å². The van der Waals surface area contributed by atoms with E-state index in [0.29, 0.717) is 9.92 Å². The van der Waals surface area contributed by atoms with Crippen molar-refractivity contribution in [2.45, 2.75) is 17.9 Å². The van der Waals surface area contributed by atoms with Crippen LogP contribution in [0.3, 0.4) is 0 Å². The third-order valence-corrected chi connectivity index (χ3v) is 3.25. The van der Waals surface area contributed by atoms with Crippen molar-refractivity contribution in [3.63, 3.8) is 0 Å². The predicted molar refractivity (Wildman–Crippen MR) is 54.4 cm³/mol. The number of hydrogen-bond acceptors (Lipinski definition) is 2. The zero-order chi connectivity index (χ0) is 10.7. The van der Waals surface area contributed by atoms with E-state index in [-0.39, 0.29) is 0 Å². The Labute approximate surface area is 86.4 Å². The summed E-state index contributed by atoms with van der Waals surface area (Å²) >= 11 is 5.81. The molecule has 0 unspecified atom stereocenters. The molecule has 4 heteroatoms. The molecule has 13 heavy (non-hydrogen) atoms. The van der Waals surface area contributed by atoms with Crippen LogP contribution >= 0.6 is 11.6 Å². The highest BCUT2D eigenvalue weighted by Crippen LogP contribution is 2.19. The van der Waals surface area contributed by atoms with Crippen molar-refractivity contribution in [1.82, 2.24) is 0 Å². The minimum absolute atomic E-state index is 0.365. The van der Waals surface area contributed by atoms with Crippen LogP contribution in [0.2, 0.25) is 5.02 Å². The van der Waals surface area contributed by atoms with Gasteiger partial charge in [-0.25, -0.2) is 0 Å². The lowest BCUT2D eigenvalue weighted by Crippen LogP contribution is -2.12. The first-order valence-corrected chi connectivity index (χ1v) is 5.38. The normalized spacial score (nSPS) is 18.8. The molecule has 0 saturated carbocycles. The molecule has 0 bridgehead atoms. The van der Waals surface area contributed by atoms with E-state index in [2.05, 4.69) is 0 Å². The van der Waals surface area contributed by atoms with E-state index in [0.717, 1.165) is 0 Å². The van der Waals surface area contributed by atoms with Gasteiger partial charge in [0.2, 0.25) is 0 Å². The predicted octanol–water partition coefficient (Wildman–Crippen LogP) is 1.83. The van der Waals surface area contributed by atoms with Crippen LogP contribution in [0.4, 0.5) is 0 Å². The first kappa shape index (κ1) is 9.19. The fourth-order valence-electron chi connectivity index (χ4n) is 0.860. The smallest absolute Gasteiger partial charge is 0.0630 e. The Morgan fingerprint density at radius 2 is 2.31 bits per heavy atom. The third kappa shape index (κ3) is 3.10. The second-order valence-corrected chi connectivity index (χ2v) is 4.32. The van der Waals surface area contributed by atoms with E-state index in [1.165, 1.54) is 6.92 Å². The van der Waals surface area contributed by atoms with Crippen molar-refractivity contribution in [2.24, 2.45) is 0 Å². The quantitative estimate of drug-likeness (QED) is 0.842. The maximum Gasteiger partial charge on any atom is 0.0630 e. The van der Waals surface area contributed by atoms with Crippen LogP contribution in [0, 0.1) is 0 Å². The van der Waals surface area contributed by atoms with Crippen LogP contribution in [0.15, 0.2) is 29.2 Å². The van der Waals surface area contributed by atoms with Gasteiger partial charge in [0, 0.05) is 1.37 Å². The molecule has 72 valence electrons. The van der Waals surface area contributed by atoms with Crippen molar-refractivity contribution in [2.75, 3.05) is 5.73 Å². The van der Waals surface area contributed by atoms with Gasteiger partial charge in [0.15, 0.2) is 0 Å². The van der Waals surface area contributed by atoms with Gasteiger partial charge in [-0.05, 0) is 19.1 Å². The fourth-order valence-corrected chi connectivity index (χ4v) is 2.20. The Bertz CT molecular complexity index is 343. The molecular formula is C9H11ClO2S. The molecule has 0 amide bonds. The zero-order valence-electron chi connectivity index (χ0n) is 8.11. The molecular weight excluding hydrogens is 208 g/mol. The Kier molecular flexibility index (Phi) is 3.35. The highest BCUT2D eigenvalue weighted by molar-refractivity contribution is 7.85. The van der Waals surface area contributed by atoms with Crippen molar-refractivity contribution < 1.29 is 10.7 Å². The number of hydrogen-bond donors (Lipinski definition) is 1. The zero-order valence-corrected chi connectivity index (χ0v) is 8.68. The minimum atomic E-state index is -1.59. The summed E-state index contributed by atoms with van der Waals surface area (Å²) in [6.07, 6.45) is -0.938. The van der Waals surface area contributed by atoms with Gasteiger partial charge >= 0.3 is 0 Å². The minimum Gasteiger partial charge on any atom is -0.392 e. The Balaban J connectivity index is 2.95. The molecule has 1 aromatic carbocycles. The molecule has 1 N–H and O–H groups in total. The van der Waals surface area contributed by atoms with Crippen molar-refractivity contribution in [3.8, 4) is 0 Å². The summed E-state index contributed by atoms with van der Waals surface area (Å²) in [7, 11) is -1.59. The first-order valence-electron chi connectivity index (χ1n) is 4.37. The molecule has 0 heterocycles. The number of halogens is 1. The first-order chi connectivity index (χ1) is 6.54. The molecule has 0 saturated heterocycles. The van der Waals surface area contributed by atoms with Crippen molar-refractivity contribution in [1.29, 1.82) is 0 Å². The van der Waals surface area contributed by atoms with Crippen LogP contribution in [-0.2, 0) is 10.8 Å². The molecule has 0 fully saturated rings. The Hall–Kier alpha value is -0.380. The summed E-state index contributed by atoms with van der Waals surface area (Å²) in [5.41, 5.74) is -1.06. The highest BCUT2D eigenvalue weighted by atomic mass is 35.5. The summed E-state index contributed by atoms with van der Waals surface area (Å²) in [6.45, 7) is 1.44. The molecule has 0 radical (unpaired) electrons. The van der Waals surface area contributed by atoms with Crippen LogP contribution < -0.4 is 0 Å². The van der Waals surface area contributed by atoms with Gasteiger partial charge in [-0.3, -0.25) is 4.21 Å². The largest absolute Gasteiger partial charge is 0.392 e. The van der Waals surface area contributed by atoms with Crippen LogP contribution in [0.5, 0.6) is 0 Å². The lowest BCUT2D eigenvalue weighted by atomic mass is 10.4. The van der Waals surface area contributed by atoms with E-state index >= 15 is 0 Å². The molecule has 0 spiro atoms. The van der Waals surface area contributed by atoms with Gasteiger partial charge in [-0.1, -0.05) is 23.7 Å². The average Bonchev–Trinajstić information content (AvgIpc) is 2.16. The molecule has 1 aromatic rings. The monoisotopic (exact) mass is 219 g/mol. The van der Waals surface area contributed by atoms with Crippen molar-refractivity contribution >= 4 is 22.4 Å². The Morgan fingerprint density at radius 1 is 1.69 bits per heavy atom. The summed E-state index contributed by atoms with van der Waals surface area (Å²) in [5, 5.41) is 9.48. The number of aliphatic hydroxyl groups is 1. The number of aliphatic hydroxyl groups excluding tert-OH is 1. The lowest BCUT2D eigenvalue weighted by Gasteiger charge is -2.05. The number of rotatable bonds is 3. The molecule has 1 rings (SSSR count). The van der Waals surface area contributed by atoms with Gasteiger partial charge in [0.05, 0.1) is 32.6 Å². The fraction of sp³-hybridized carbons (Fsp3) is 0.333. The molecule has 0 aliphatic rings. The van der Waals surface area contributed by atoms with Crippen LogP contribution in [0.1, 0.15) is 8.29 Å². The second-order valence-electron chi connectivity index (χ2n) is 2.60. The van der Waals surface area contributed by atoms with Gasteiger partial charge in [0.25, 0.3) is 0 Å². The van der Waals surface area contributed by atoms with Crippen LogP contribution in [-0.4, -0.2) is 21.1 Å². The second kappa shape index (κ2) is 4.74. The van der Waals surface area contributed by atoms with Crippen molar-refractivity contribution in [3.05, 3.63) is 29.3 Å². The summed E-state index contributed by atoms with van der Waals surface area (Å²) < 4.78 is 19.1. The molecule has 0 aliphatic carbocycles. The third-order valence-electron chi connectivity index (χ3n) is 1.37. The molecule has 3 atom stereocenters. The number of benzene rings is 1. The highest BCUT2D eigenvalue weighted by Gasteiger charge is 2.09. The van der Waals surface area contributed by atoms with Gasteiger partial charge in [-0.2, -0.15) is 0 Å². The summed E-state index contributed by atoms with van der Waals surface area (Å²) in [4.78, 5) is 0.398. The topological polar surface area (TPSA) is 37.3 Å². The van der Waals surface area contributed by atoms with Crippen LogP contribution in [0.25, 0.3) is 0 Å². The maximum atomic E-state index is 11.7. The van der Waals surface area contributed by atoms with E-state index in [4.69, 9.17) is 18.1 Å². The standard InChI is InChI=1S/C9H11ClO2S/c1-7(11)6-13(12)9-5-3-2-4-8(9)10/h2-5,7,11H,6H2,1H3/t7-,13+/m0/s1/i6D/t6-,7-,13+. The van der Waals surface area contributed by atoms with E-state index in [9.17, 15) is 4.21 Å². The molecule has 2 nitrogen and oxygen atoms in total. The summed E-state index contributed by atoms with van der Waals surface area (Å²) in [5.74, 6) is 0. The van der Waals surface area contributed by atoms with Gasteiger partial charge in [0.1, 0.15) is 0 Å². The van der Waals surface area contributed by atoms with E-state index < -0.39 is 22.6 Å². The van der Waals surface area contributed by atoms with E-state index in [1.807, 2.05) is 0 Å². The Morgan fingerprint density at radius 3 is 2.85 bits per heavy atom. The molecule has 0 aliphatic heterocycles. The lowest BCUT2D eigenvalue weighted by molar-refractivity contribution is 0.219. The SMILES string of the molecule is [2H][C@@H]([C@H](C)O)[S@@](=O)c1ccccc1Cl. The van der Waals surface area contributed by atoms with E-state index in [1.54, 1.807) is 24.3 Å². The van der Waals surface area contributed by atoms with Gasteiger partial charge < -0.3 is 5.11 Å². The summed E-state index contributed by atoms with van der Waals surface area (Å²) in [6, 6.07) is 6.64.